The lowest BCUT2D eigenvalue weighted by molar-refractivity contribution is -0.385. The molecule has 1 fully saturated rings. The Morgan fingerprint density at radius 3 is 2.54 bits per heavy atom. The van der Waals surface area contributed by atoms with Gasteiger partial charge >= 0.3 is 5.97 Å². The molecule has 3 rings (SSSR count). The number of nitro groups is 1. The lowest BCUT2D eigenvalue weighted by Crippen LogP contribution is -2.48. The molecule has 0 atom stereocenters. The molecule has 1 aliphatic rings. The summed E-state index contributed by atoms with van der Waals surface area (Å²) in [4.78, 5) is 37.4. The van der Waals surface area contributed by atoms with Crippen molar-refractivity contribution < 1.29 is 19.6 Å². The van der Waals surface area contributed by atoms with Crippen LogP contribution in [0.1, 0.15) is 27.3 Å². The van der Waals surface area contributed by atoms with Gasteiger partial charge in [0.05, 0.1) is 11.6 Å². The number of aromatic carboxylic acids is 1. The summed E-state index contributed by atoms with van der Waals surface area (Å²) in [6, 6.07) is 8.68. The molecule has 0 unspecified atom stereocenters. The van der Waals surface area contributed by atoms with E-state index in [2.05, 4.69) is 10.2 Å². The fourth-order valence-electron chi connectivity index (χ4n) is 2.74. The number of carboxylic acid groups (broad SMARTS) is 1. The maximum absolute atomic E-state index is 12.7. The second kappa shape index (κ2) is 7.13. The van der Waals surface area contributed by atoms with Crippen molar-refractivity contribution in [1.82, 2.24) is 15.1 Å². The Kier molecular flexibility index (Phi) is 4.74. The molecule has 0 radical (unpaired) electrons. The van der Waals surface area contributed by atoms with Crippen LogP contribution in [0, 0.1) is 10.1 Å². The minimum absolute atomic E-state index is 0.0339. The third kappa shape index (κ3) is 3.43. The summed E-state index contributed by atoms with van der Waals surface area (Å²) in [5, 5.41) is 27.5. The molecule has 1 N–H and O–H groups in total. The van der Waals surface area contributed by atoms with Crippen LogP contribution in [0.15, 0.2) is 36.4 Å². The van der Waals surface area contributed by atoms with Crippen molar-refractivity contribution in [3.8, 4) is 0 Å². The summed E-state index contributed by atoms with van der Waals surface area (Å²) in [6.45, 7) is 1.26. The quantitative estimate of drug-likeness (QED) is 0.642. The van der Waals surface area contributed by atoms with Crippen LogP contribution in [0.3, 0.4) is 0 Å². The first kappa shape index (κ1) is 17.3. The van der Waals surface area contributed by atoms with Gasteiger partial charge < -0.3 is 14.9 Å². The highest BCUT2D eigenvalue weighted by Gasteiger charge is 2.28. The number of carbonyl (C=O) groups is 2. The van der Waals surface area contributed by atoms with Crippen molar-refractivity contribution >= 4 is 23.4 Å². The number of hydrogen-bond acceptors (Lipinski definition) is 7. The minimum Gasteiger partial charge on any atom is -0.476 e. The average Bonchev–Trinajstić information content (AvgIpc) is 2.67. The van der Waals surface area contributed by atoms with E-state index in [1.54, 1.807) is 11.0 Å². The molecule has 1 aromatic carbocycles. The van der Waals surface area contributed by atoms with E-state index in [1.807, 2.05) is 0 Å². The SMILES string of the molecule is O=C(O)c1ccc(N2CCCN(C(=O)c3ccccc3[N+](=O)[O-])C2)nn1. The van der Waals surface area contributed by atoms with E-state index < -0.39 is 16.8 Å². The summed E-state index contributed by atoms with van der Waals surface area (Å²) >= 11 is 0. The molecule has 1 aromatic heterocycles. The molecule has 1 saturated heterocycles. The third-order valence-electron chi connectivity index (χ3n) is 4.01. The third-order valence-corrected chi connectivity index (χ3v) is 4.01. The molecular formula is C16H15N5O5. The maximum atomic E-state index is 12.7. The second-order valence-electron chi connectivity index (χ2n) is 5.68. The first-order valence-electron chi connectivity index (χ1n) is 7.82. The van der Waals surface area contributed by atoms with Gasteiger partial charge in [-0.05, 0) is 24.6 Å². The second-order valence-corrected chi connectivity index (χ2v) is 5.68. The van der Waals surface area contributed by atoms with E-state index in [0.29, 0.717) is 25.3 Å². The zero-order valence-corrected chi connectivity index (χ0v) is 13.6. The van der Waals surface area contributed by atoms with Gasteiger partial charge in [0.1, 0.15) is 5.56 Å². The summed E-state index contributed by atoms with van der Waals surface area (Å²) in [7, 11) is 0. The van der Waals surface area contributed by atoms with E-state index in [0.717, 1.165) is 0 Å². The molecule has 10 nitrogen and oxygen atoms in total. The first-order chi connectivity index (χ1) is 12.5. The van der Waals surface area contributed by atoms with Gasteiger partial charge in [-0.1, -0.05) is 12.1 Å². The number of nitrogens with zero attached hydrogens (tertiary/aromatic N) is 5. The number of carbonyl (C=O) groups excluding carboxylic acids is 1. The Morgan fingerprint density at radius 1 is 1.12 bits per heavy atom. The fourth-order valence-corrected chi connectivity index (χ4v) is 2.74. The zero-order valence-electron chi connectivity index (χ0n) is 13.6. The lowest BCUT2D eigenvalue weighted by Gasteiger charge is -2.36. The number of anilines is 1. The monoisotopic (exact) mass is 357 g/mol. The number of carboxylic acids is 1. The van der Waals surface area contributed by atoms with Gasteiger partial charge in [0.25, 0.3) is 11.6 Å². The zero-order chi connectivity index (χ0) is 18.7. The van der Waals surface area contributed by atoms with Crippen LogP contribution in [-0.2, 0) is 0 Å². The molecule has 1 aliphatic heterocycles. The smallest absolute Gasteiger partial charge is 0.356 e. The summed E-state index contributed by atoms with van der Waals surface area (Å²) in [5.74, 6) is -1.16. The van der Waals surface area contributed by atoms with Crippen LogP contribution in [0.4, 0.5) is 11.5 Å². The van der Waals surface area contributed by atoms with Crippen LogP contribution < -0.4 is 4.90 Å². The van der Waals surface area contributed by atoms with Gasteiger partial charge in [0.15, 0.2) is 11.5 Å². The summed E-state index contributed by atoms with van der Waals surface area (Å²) in [6.07, 6.45) is 0.648. The molecule has 0 bridgehead atoms. The van der Waals surface area contributed by atoms with Crippen molar-refractivity contribution in [3.05, 3.63) is 57.8 Å². The van der Waals surface area contributed by atoms with Crippen molar-refractivity contribution in [2.45, 2.75) is 6.42 Å². The highest BCUT2D eigenvalue weighted by atomic mass is 16.6. The number of amides is 1. The van der Waals surface area contributed by atoms with E-state index in [1.165, 1.54) is 35.2 Å². The standard InChI is InChI=1S/C16H15N5O5/c22-15(11-4-1-2-5-13(11)21(25)26)20-9-3-8-19(10-20)14-7-6-12(16(23)24)17-18-14/h1-2,4-7H,3,8-10H2,(H,23,24). The maximum Gasteiger partial charge on any atom is 0.356 e. The number of benzene rings is 1. The Morgan fingerprint density at radius 2 is 1.88 bits per heavy atom. The van der Waals surface area contributed by atoms with Crippen LogP contribution in [0.5, 0.6) is 0 Å². The van der Waals surface area contributed by atoms with Gasteiger partial charge in [-0.3, -0.25) is 14.9 Å². The predicted molar refractivity (Wildman–Crippen MR) is 90.0 cm³/mol. The highest BCUT2D eigenvalue weighted by Crippen LogP contribution is 2.22. The number of para-hydroxylation sites is 1. The fraction of sp³-hybridized carbons (Fsp3) is 0.250. The van der Waals surface area contributed by atoms with Crippen molar-refractivity contribution in [2.24, 2.45) is 0 Å². The largest absolute Gasteiger partial charge is 0.476 e. The van der Waals surface area contributed by atoms with E-state index >= 15 is 0 Å². The van der Waals surface area contributed by atoms with Gasteiger partial charge in [-0.2, -0.15) is 0 Å². The molecule has 1 amide bonds. The molecule has 26 heavy (non-hydrogen) atoms. The van der Waals surface area contributed by atoms with Crippen molar-refractivity contribution in [3.63, 3.8) is 0 Å². The van der Waals surface area contributed by atoms with E-state index in [9.17, 15) is 19.7 Å². The molecular weight excluding hydrogens is 342 g/mol. The highest BCUT2D eigenvalue weighted by molar-refractivity contribution is 5.98. The number of nitro benzene ring substituents is 1. The van der Waals surface area contributed by atoms with Gasteiger partial charge in [-0.15, -0.1) is 10.2 Å². The first-order valence-corrected chi connectivity index (χ1v) is 7.82. The molecule has 0 saturated carbocycles. The Hall–Kier alpha value is -3.56. The van der Waals surface area contributed by atoms with Crippen molar-refractivity contribution in [2.75, 3.05) is 24.7 Å². The summed E-state index contributed by atoms with van der Waals surface area (Å²) in [5.41, 5.74) is -0.370. The molecule has 2 aromatic rings. The molecule has 10 heteroatoms. The van der Waals surface area contributed by atoms with Gasteiger partial charge in [0.2, 0.25) is 0 Å². The topological polar surface area (TPSA) is 130 Å². The minimum atomic E-state index is -1.17. The van der Waals surface area contributed by atoms with Gasteiger partial charge in [-0.25, -0.2) is 4.79 Å². The molecule has 0 spiro atoms. The van der Waals surface area contributed by atoms with Crippen LogP contribution >= 0.6 is 0 Å². The van der Waals surface area contributed by atoms with Crippen LogP contribution in [0.25, 0.3) is 0 Å². The average molecular weight is 357 g/mol. The van der Waals surface area contributed by atoms with Crippen molar-refractivity contribution in [1.29, 1.82) is 0 Å². The van der Waals surface area contributed by atoms with Crippen LogP contribution in [-0.4, -0.2) is 56.8 Å². The number of hydrogen-bond donors (Lipinski definition) is 1. The van der Waals surface area contributed by atoms with Gasteiger partial charge in [0, 0.05) is 19.2 Å². The summed E-state index contributed by atoms with van der Waals surface area (Å²) < 4.78 is 0. The predicted octanol–water partition coefficient (Wildman–Crippen LogP) is 1.39. The number of aromatic nitrogens is 2. The molecule has 2 heterocycles. The van der Waals surface area contributed by atoms with Crippen LogP contribution in [0.2, 0.25) is 0 Å². The Labute approximate surface area is 147 Å². The van der Waals surface area contributed by atoms with E-state index in [4.69, 9.17) is 5.11 Å². The number of rotatable bonds is 4. The Balaban J connectivity index is 1.79. The molecule has 134 valence electrons. The van der Waals surface area contributed by atoms with E-state index in [-0.39, 0.29) is 23.6 Å². The lowest BCUT2D eigenvalue weighted by atomic mass is 10.1. The Bertz CT molecular complexity index is 854. The normalized spacial score (nSPS) is 14.2. The molecule has 0 aliphatic carbocycles.